The first-order valence-corrected chi connectivity index (χ1v) is 9.29. The van der Waals surface area contributed by atoms with Gasteiger partial charge in [-0.2, -0.15) is 0 Å². The molecule has 0 saturated carbocycles. The Morgan fingerprint density at radius 1 is 1.04 bits per heavy atom. The van der Waals surface area contributed by atoms with Crippen LogP contribution in [-0.2, 0) is 0 Å². The first kappa shape index (κ1) is 16.4. The van der Waals surface area contributed by atoms with Crippen molar-refractivity contribution in [2.75, 3.05) is 13.1 Å². The number of benzene rings is 2. The predicted molar refractivity (Wildman–Crippen MR) is 111 cm³/mol. The molecular weight excluding hydrogens is 316 g/mol. The summed E-state index contributed by atoms with van der Waals surface area (Å²) in [6.45, 7) is 5.36. The Kier molecular flexibility index (Phi) is 4.71. The molecule has 2 aromatic rings. The second kappa shape index (κ2) is 7.45. The SMILES string of the molecule is C=CC[N+]#Cc1ccc2c(c1)C(=C1CCCCN1)c1ccccc1C=C2. The van der Waals surface area contributed by atoms with Crippen molar-refractivity contribution in [3.8, 4) is 6.07 Å². The summed E-state index contributed by atoms with van der Waals surface area (Å²) in [4.78, 5) is 4.30. The summed E-state index contributed by atoms with van der Waals surface area (Å²) in [7, 11) is 0. The van der Waals surface area contributed by atoms with E-state index in [1.807, 2.05) is 0 Å². The summed E-state index contributed by atoms with van der Waals surface area (Å²) >= 11 is 0. The lowest BCUT2D eigenvalue weighted by molar-refractivity contribution is 0.590. The van der Waals surface area contributed by atoms with Gasteiger partial charge in [0, 0.05) is 17.8 Å². The van der Waals surface area contributed by atoms with Gasteiger partial charge in [0.25, 0.3) is 6.54 Å². The third-order valence-corrected chi connectivity index (χ3v) is 4.92. The van der Waals surface area contributed by atoms with E-state index in [1.54, 1.807) is 6.08 Å². The van der Waals surface area contributed by atoms with Crippen molar-refractivity contribution in [2.45, 2.75) is 19.3 Å². The Morgan fingerprint density at radius 2 is 1.88 bits per heavy atom. The highest BCUT2D eigenvalue weighted by Gasteiger charge is 2.21. The monoisotopic (exact) mass is 339 g/mol. The minimum absolute atomic E-state index is 0.593. The summed E-state index contributed by atoms with van der Waals surface area (Å²) in [5, 5.41) is 3.66. The third-order valence-electron chi connectivity index (χ3n) is 4.92. The fourth-order valence-corrected chi connectivity index (χ4v) is 3.68. The van der Waals surface area contributed by atoms with Crippen LogP contribution in [0.2, 0.25) is 0 Å². The maximum atomic E-state index is 4.30. The molecule has 2 aromatic carbocycles. The maximum Gasteiger partial charge on any atom is 0.311 e. The van der Waals surface area contributed by atoms with E-state index in [9.17, 15) is 0 Å². The van der Waals surface area contributed by atoms with Gasteiger partial charge in [-0.25, -0.2) is 0 Å². The van der Waals surface area contributed by atoms with Crippen molar-refractivity contribution < 1.29 is 0 Å². The molecule has 1 aliphatic carbocycles. The van der Waals surface area contributed by atoms with E-state index in [4.69, 9.17) is 0 Å². The predicted octanol–water partition coefficient (Wildman–Crippen LogP) is 5.57. The fourth-order valence-electron chi connectivity index (χ4n) is 3.68. The van der Waals surface area contributed by atoms with Crippen LogP contribution in [0.1, 0.15) is 47.1 Å². The minimum atomic E-state index is 0.593. The third kappa shape index (κ3) is 3.21. The van der Waals surface area contributed by atoms with Gasteiger partial charge in [-0.15, -0.1) is 0 Å². The molecular formula is C24H23N2+. The molecule has 0 amide bonds. The maximum absolute atomic E-state index is 4.30. The van der Waals surface area contributed by atoms with Crippen LogP contribution in [0.3, 0.4) is 0 Å². The summed E-state index contributed by atoms with van der Waals surface area (Å²) in [5.74, 6) is 0. The van der Waals surface area contributed by atoms with Crippen molar-refractivity contribution in [3.05, 3.63) is 93.5 Å². The zero-order valence-electron chi connectivity index (χ0n) is 15.0. The molecule has 0 unspecified atom stereocenters. The van der Waals surface area contributed by atoms with Crippen LogP contribution in [0.4, 0.5) is 0 Å². The first-order valence-electron chi connectivity index (χ1n) is 9.29. The molecule has 128 valence electrons. The summed E-state index contributed by atoms with van der Waals surface area (Å²) in [6.07, 6.45) is 9.81. The topological polar surface area (TPSA) is 16.4 Å². The average Bonchev–Trinajstić information content (AvgIpc) is 2.85. The van der Waals surface area contributed by atoms with Crippen molar-refractivity contribution in [1.82, 2.24) is 5.32 Å². The molecule has 0 spiro atoms. The van der Waals surface area contributed by atoms with Crippen molar-refractivity contribution in [2.24, 2.45) is 0 Å². The van der Waals surface area contributed by atoms with Gasteiger partial charge < -0.3 is 5.32 Å². The Hall–Kier alpha value is -3.05. The Balaban J connectivity index is 1.92. The highest BCUT2D eigenvalue weighted by atomic mass is 14.9. The Morgan fingerprint density at radius 3 is 2.69 bits per heavy atom. The van der Waals surface area contributed by atoms with Crippen LogP contribution in [0.15, 0.2) is 60.8 Å². The van der Waals surface area contributed by atoms with Crippen LogP contribution in [-0.4, -0.2) is 13.1 Å². The second-order valence-electron chi connectivity index (χ2n) is 6.70. The molecule has 1 fully saturated rings. The van der Waals surface area contributed by atoms with Crippen LogP contribution in [0, 0.1) is 6.07 Å². The number of fused-ring (bicyclic) bond motifs is 2. The van der Waals surface area contributed by atoms with Crippen molar-refractivity contribution in [1.29, 1.82) is 0 Å². The van der Waals surface area contributed by atoms with Crippen molar-refractivity contribution >= 4 is 17.7 Å². The first-order chi connectivity index (χ1) is 12.9. The Labute approximate surface area is 155 Å². The summed E-state index contributed by atoms with van der Waals surface area (Å²) < 4.78 is 0. The Bertz CT molecular complexity index is 959. The number of hydrogen-bond acceptors (Lipinski definition) is 1. The van der Waals surface area contributed by atoms with Gasteiger partial charge in [0.15, 0.2) is 0 Å². The van der Waals surface area contributed by atoms with E-state index in [0.29, 0.717) is 6.54 Å². The second-order valence-corrected chi connectivity index (χ2v) is 6.70. The molecule has 1 saturated heterocycles. The standard InChI is InChI=1S/C24H22N2/c1-2-14-25-17-18-10-11-20-13-12-19-7-3-4-8-21(19)24(22(20)16-18)23-9-5-6-15-26-23/h2-4,7-8,10-13,16H,1,5-6,9,14-15H2/p+1. The molecule has 0 atom stereocenters. The zero-order valence-corrected chi connectivity index (χ0v) is 15.0. The number of nitrogens with one attached hydrogen (secondary N) is 1. The molecule has 2 aliphatic rings. The molecule has 26 heavy (non-hydrogen) atoms. The number of piperidine rings is 1. The highest BCUT2D eigenvalue weighted by Crippen LogP contribution is 2.37. The lowest BCUT2D eigenvalue weighted by atomic mass is 9.88. The van der Waals surface area contributed by atoms with Crippen molar-refractivity contribution in [3.63, 3.8) is 0 Å². The normalized spacial score (nSPS) is 17.8. The summed E-state index contributed by atoms with van der Waals surface area (Å²) in [5.41, 5.74) is 8.75. The molecule has 0 bridgehead atoms. The molecule has 2 nitrogen and oxygen atoms in total. The molecule has 2 heteroatoms. The van der Waals surface area contributed by atoms with Gasteiger partial charge in [0.2, 0.25) is 0 Å². The van der Waals surface area contributed by atoms with E-state index in [-0.39, 0.29) is 0 Å². The van der Waals surface area contributed by atoms with Crippen LogP contribution in [0.25, 0.3) is 22.6 Å². The van der Waals surface area contributed by atoms with Gasteiger partial charge in [-0.1, -0.05) is 53.9 Å². The van der Waals surface area contributed by atoms with E-state index < -0.39 is 0 Å². The quantitative estimate of drug-likeness (QED) is 0.573. The van der Waals surface area contributed by atoms with Gasteiger partial charge >= 0.3 is 6.07 Å². The van der Waals surface area contributed by atoms with E-state index >= 15 is 0 Å². The summed E-state index contributed by atoms with van der Waals surface area (Å²) in [6, 6.07) is 18.3. The molecule has 0 radical (unpaired) electrons. The highest BCUT2D eigenvalue weighted by molar-refractivity contribution is 5.95. The lowest BCUT2D eigenvalue weighted by Crippen LogP contribution is -2.21. The van der Waals surface area contributed by atoms with Gasteiger partial charge in [-0.3, -0.25) is 0 Å². The zero-order chi connectivity index (χ0) is 17.8. The minimum Gasteiger partial charge on any atom is -0.388 e. The smallest absolute Gasteiger partial charge is 0.311 e. The average molecular weight is 339 g/mol. The largest absolute Gasteiger partial charge is 0.388 e. The molecule has 1 aliphatic heterocycles. The van der Waals surface area contributed by atoms with Gasteiger partial charge in [0.1, 0.15) is 5.56 Å². The van der Waals surface area contributed by atoms with E-state index in [1.165, 1.54) is 46.4 Å². The van der Waals surface area contributed by atoms with Crippen LogP contribution < -0.4 is 5.32 Å². The van der Waals surface area contributed by atoms with Crippen LogP contribution in [0.5, 0.6) is 0 Å². The molecule has 4 rings (SSSR count). The van der Waals surface area contributed by atoms with Crippen LogP contribution >= 0.6 is 0 Å². The van der Waals surface area contributed by atoms with Gasteiger partial charge in [0.05, 0.1) is 0 Å². The molecule has 1 N–H and O–H groups in total. The number of allylic oxidation sites excluding steroid dienone is 1. The molecule has 1 heterocycles. The number of hydrogen-bond donors (Lipinski definition) is 1. The number of rotatable bonds is 1. The fraction of sp³-hybridized carbons (Fsp3) is 0.208. The van der Waals surface area contributed by atoms with Gasteiger partial charge in [-0.05, 0) is 59.7 Å². The van der Waals surface area contributed by atoms with E-state index in [2.05, 4.69) is 77.4 Å². The number of nitrogens with zero attached hydrogens (tertiary/aromatic N) is 1. The lowest BCUT2D eigenvalue weighted by Gasteiger charge is -2.23. The molecule has 0 aromatic heterocycles. The van der Waals surface area contributed by atoms with E-state index in [0.717, 1.165) is 18.5 Å².